The van der Waals surface area contributed by atoms with Crippen molar-refractivity contribution in [3.63, 3.8) is 0 Å². The van der Waals surface area contributed by atoms with Crippen molar-refractivity contribution in [3.05, 3.63) is 121 Å². The first kappa shape index (κ1) is 27.7. The van der Waals surface area contributed by atoms with E-state index < -0.39 is 0 Å². The molecule has 5 nitrogen and oxygen atoms in total. The molecule has 1 aromatic heterocycles. The molecule has 0 saturated carbocycles. The summed E-state index contributed by atoms with van der Waals surface area (Å²) in [5.74, 6) is 1.81. The van der Waals surface area contributed by atoms with E-state index in [2.05, 4.69) is 80.8 Å². The molecule has 1 aliphatic heterocycles. The second-order valence-electron chi connectivity index (χ2n) is 10.5. The Balaban J connectivity index is 0.00000323. The molecular formula is C34H32N4OPt. The number of fused-ring (bicyclic) bond motifs is 1. The average molecular weight is 708 g/mol. The third kappa shape index (κ3) is 4.95. The SMILES string of the molecule is CC(C)c1cccc(C(C)C)c1-n1c(-c2[c-]c(N3C=CN(c4ccccc4O)[CH-]3)ccc2)nc2ccccc21.[Pt+2]. The van der Waals surface area contributed by atoms with Gasteiger partial charge in [-0.15, -0.1) is 36.5 Å². The van der Waals surface area contributed by atoms with Crippen LogP contribution < -0.4 is 9.80 Å². The standard InChI is InChI=1S/C34H32N4O.Pt/c1-23(2)27-13-10-14-28(24(3)4)33(27)38-30-16-6-5-15-29(30)35-34(38)25-11-9-12-26(21-25)36-19-20-37(22-36)31-17-7-8-18-32(31)39;/h5-20,22-24,39H,1-4H3;/q-2;+2. The number of nitrogens with zero attached hydrogens (tertiary/aromatic N) is 4. The van der Waals surface area contributed by atoms with Crippen LogP contribution in [0.1, 0.15) is 50.7 Å². The van der Waals surface area contributed by atoms with E-state index in [0.717, 1.165) is 33.8 Å². The van der Waals surface area contributed by atoms with E-state index in [1.807, 2.05) is 65.3 Å². The molecular weight excluding hydrogens is 675 g/mol. The minimum Gasteiger partial charge on any atom is -0.506 e. The van der Waals surface area contributed by atoms with Crippen LogP contribution in [0.2, 0.25) is 0 Å². The van der Waals surface area contributed by atoms with Gasteiger partial charge >= 0.3 is 21.1 Å². The van der Waals surface area contributed by atoms with Crippen LogP contribution in [0.5, 0.6) is 5.75 Å². The summed E-state index contributed by atoms with van der Waals surface area (Å²) in [4.78, 5) is 9.05. The molecule has 1 aliphatic rings. The van der Waals surface area contributed by atoms with Gasteiger partial charge < -0.3 is 19.5 Å². The summed E-state index contributed by atoms with van der Waals surface area (Å²) in [6.07, 6.45) is 3.90. The molecule has 0 atom stereocenters. The van der Waals surface area contributed by atoms with Gasteiger partial charge in [-0.2, -0.15) is 0 Å². The van der Waals surface area contributed by atoms with Crippen LogP contribution in [0.15, 0.2) is 97.3 Å². The van der Waals surface area contributed by atoms with E-state index in [9.17, 15) is 5.11 Å². The van der Waals surface area contributed by atoms with Gasteiger partial charge in [0.05, 0.1) is 22.5 Å². The molecule has 40 heavy (non-hydrogen) atoms. The third-order valence-electron chi connectivity index (χ3n) is 7.22. The van der Waals surface area contributed by atoms with Gasteiger partial charge in [0.1, 0.15) is 5.75 Å². The van der Waals surface area contributed by atoms with Crippen LogP contribution in [-0.2, 0) is 21.1 Å². The number of phenolic OH excluding ortho intramolecular Hbond substituents is 1. The normalized spacial score (nSPS) is 13.1. The molecule has 204 valence electrons. The van der Waals surface area contributed by atoms with Crippen molar-refractivity contribution in [2.24, 2.45) is 0 Å². The average Bonchev–Trinajstić information content (AvgIpc) is 3.58. The molecule has 0 fully saturated rings. The van der Waals surface area contributed by atoms with E-state index in [1.54, 1.807) is 6.07 Å². The zero-order valence-electron chi connectivity index (χ0n) is 23.0. The Kier molecular flexibility index (Phi) is 7.87. The molecule has 4 aromatic carbocycles. The Bertz CT molecular complexity index is 1660. The minimum absolute atomic E-state index is 0. The second-order valence-corrected chi connectivity index (χ2v) is 10.5. The molecule has 6 heteroatoms. The summed E-state index contributed by atoms with van der Waals surface area (Å²) >= 11 is 0. The predicted molar refractivity (Wildman–Crippen MR) is 160 cm³/mol. The summed E-state index contributed by atoms with van der Waals surface area (Å²) in [6.45, 7) is 10.9. The molecule has 6 rings (SSSR count). The van der Waals surface area contributed by atoms with Crippen LogP contribution in [-0.4, -0.2) is 14.7 Å². The van der Waals surface area contributed by atoms with E-state index in [1.165, 1.54) is 16.8 Å². The molecule has 0 spiro atoms. The first-order valence-electron chi connectivity index (χ1n) is 13.4. The van der Waals surface area contributed by atoms with Crippen molar-refractivity contribution in [2.45, 2.75) is 39.5 Å². The van der Waals surface area contributed by atoms with Gasteiger partial charge in [-0.05, 0) is 59.6 Å². The molecule has 0 bridgehead atoms. The molecule has 5 aromatic rings. The van der Waals surface area contributed by atoms with Crippen molar-refractivity contribution in [3.8, 4) is 22.8 Å². The number of aromatic hydroxyl groups is 1. The van der Waals surface area contributed by atoms with E-state index in [-0.39, 0.29) is 26.8 Å². The van der Waals surface area contributed by atoms with E-state index >= 15 is 0 Å². The zero-order chi connectivity index (χ0) is 27.1. The summed E-state index contributed by atoms with van der Waals surface area (Å²) in [7, 11) is 0. The minimum atomic E-state index is 0. The maximum absolute atomic E-state index is 10.3. The van der Waals surface area contributed by atoms with Gasteiger partial charge in [0.25, 0.3) is 0 Å². The van der Waals surface area contributed by atoms with Gasteiger partial charge in [0, 0.05) is 5.69 Å². The van der Waals surface area contributed by atoms with Crippen molar-refractivity contribution < 1.29 is 26.2 Å². The smallest absolute Gasteiger partial charge is 0.506 e. The van der Waals surface area contributed by atoms with Gasteiger partial charge in [-0.1, -0.05) is 75.8 Å². The molecule has 0 amide bonds. The van der Waals surface area contributed by atoms with Crippen molar-refractivity contribution in [2.75, 3.05) is 9.80 Å². The van der Waals surface area contributed by atoms with Gasteiger partial charge in [0.15, 0.2) is 0 Å². The molecule has 0 unspecified atom stereocenters. The Morgan fingerprint density at radius 2 is 1.40 bits per heavy atom. The molecule has 1 N–H and O–H groups in total. The third-order valence-corrected chi connectivity index (χ3v) is 7.22. The van der Waals surface area contributed by atoms with Gasteiger partial charge in [-0.3, -0.25) is 4.98 Å². The topological polar surface area (TPSA) is 44.5 Å². The number of hydrogen-bond acceptors (Lipinski definition) is 4. The number of aromatic nitrogens is 2. The Labute approximate surface area is 250 Å². The quantitative estimate of drug-likeness (QED) is 0.180. The fraction of sp³-hybridized carbons (Fsp3) is 0.176. The van der Waals surface area contributed by atoms with E-state index in [4.69, 9.17) is 4.98 Å². The van der Waals surface area contributed by atoms with Crippen LogP contribution >= 0.6 is 0 Å². The van der Waals surface area contributed by atoms with Gasteiger partial charge in [-0.25, -0.2) is 0 Å². The van der Waals surface area contributed by atoms with E-state index in [0.29, 0.717) is 11.8 Å². The summed E-state index contributed by atoms with van der Waals surface area (Å²) in [6, 6.07) is 32.1. The van der Waals surface area contributed by atoms with Crippen LogP contribution in [0.4, 0.5) is 11.4 Å². The monoisotopic (exact) mass is 707 g/mol. The Hall–Kier alpha value is -3.82. The van der Waals surface area contributed by atoms with Crippen LogP contribution in [0.3, 0.4) is 0 Å². The largest absolute Gasteiger partial charge is 2.00 e. The van der Waals surface area contributed by atoms with Gasteiger partial charge in [0.2, 0.25) is 0 Å². The fourth-order valence-electron chi connectivity index (χ4n) is 5.26. The second kappa shape index (κ2) is 11.3. The number of anilines is 2. The number of imidazole rings is 1. The first-order chi connectivity index (χ1) is 18.9. The Morgan fingerprint density at radius 3 is 2.12 bits per heavy atom. The fourth-order valence-corrected chi connectivity index (χ4v) is 5.26. The maximum atomic E-state index is 10.3. The number of para-hydroxylation sites is 5. The Morgan fingerprint density at radius 1 is 0.750 bits per heavy atom. The number of hydrogen-bond donors (Lipinski definition) is 1. The van der Waals surface area contributed by atoms with Crippen molar-refractivity contribution in [1.82, 2.24) is 9.55 Å². The van der Waals surface area contributed by atoms with Crippen molar-refractivity contribution >= 4 is 22.4 Å². The van der Waals surface area contributed by atoms with Crippen LogP contribution in [0.25, 0.3) is 28.1 Å². The molecule has 0 radical (unpaired) electrons. The first-order valence-corrected chi connectivity index (χ1v) is 13.4. The molecule has 0 saturated heterocycles. The summed E-state index contributed by atoms with van der Waals surface area (Å²) in [5.41, 5.74) is 8.38. The molecule has 0 aliphatic carbocycles. The molecule has 2 heterocycles. The number of benzene rings is 4. The summed E-state index contributed by atoms with van der Waals surface area (Å²) in [5, 5.41) is 10.3. The maximum Gasteiger partial charge on any atom is 2.00 e. The van der Waals surface area contributed by atoms with Crippen molar-refractivity contribution in [1.29, 1.82) is 0 Å². The zero-order valence-corrected chi connectivity index (χ0v) is 25.3. The summed E-state index contributed by atoms with van der Waals surface area (Å²) < 4.78 is 2.33. The predicted octanol–water partition coefficient (Wildman–Crippen LogP) is 8.36. The van der Waals surface area contributed by atoms with Crippen LogP contribution in [0, 0.1) is 12.7 Å². The number of phenols is 1. The number of rotatable bonds is 6.